The number of fused-ring (bicyclic) bond motifs is 3. The maximum Gasteiger partial charge on any atom is 0.302 e. The minimum atomic E-state index is -0.173. The molecule has 0 unspecified atom stereocenters. The molecule has 5 heteroatoms. The first-order valence-electron chi connectivity index (χ1n) is 11.2. The van der Waals surface area contributed by atoms with E-state index in [0.29, 0.717) is 23.5 Å². The van der Waals surface area contributed by atoms with Crippen LogP contribution in [-0.4, -0.2) is 34.9 Å². The average molecular weight is 453 g/mol. The Morgan fingerprint density at radius 1 is 1.07 bits per heavy atom. The maximum absolute atomic E-state index is 12.3. The van der Waals surface area contributed by atoms with E-state index in [2.05, 4.69) is 22.9 Å². The summed E-state index contributed by atoms with van der Waals surface area (Å²) in [6, 6.07) is 0. The molecular weight excluding hydrogens is 420 g/mol. The zero-order valence-corrected chi connectivity index (χ0v) is 18.9. The van der Waals surface area contributed by atoms with Gasteiger partial charge < -0.3 is 9.47 Å². The van der Waals surface area contributed by atoms with Gasteiger partial charge in [-0.2, -0.15) is 0 Å². The van der Waals surface area contributed by atoms with Gasteiger partial charge in [-0.05, 0) is 75.0 Å². The van der Waals surface area contributed by atoms with Crippen molar-refractivity contribution in [3.63, 3.8) is 0 Å². The zero-order valence-electron chi connectivity index (χ0n) is 17.3. The highest BCUT2D eigenvalue weighted by molar-refractivity contribution is 9.10. The summed E-state index contributed by atoms with van der Waals surface area (Å²) in [7, 11) is 0. The van der Waals surface area contributed by atoms with Crippen LogP contribution in [0.25, 0.3) is 0 Å². The van der Waals surface area contributed by atoms with E-state index in [1.165, 1.54) is 26.2 Å². The van der Waals surface area contributed by atoms with Gasteiger partial charge in [0.05, 0.1) is 17.0 Å². The van der Waals surface area contributed by atoms with Crippen molar-refractivity contribution in [3.05, 3.63) is 0 Å². The summed E-state index contributed by atoms with van der Waals surface area (Å²) in [6.45, 7) is 6.56. The second-order valence-electron chi connectivity index (χ2n) is 10.7. The van der Waals surface area contributed by atoms with Crippen LogP contribution in [0.2, 0.25) is 0 Å². The molecule has 0 spiro atoms. The summed E-state index contributed by atoms with van der Waals surface area (Å²) in [5, 5.41) is 0. The van der Waals surface area contributed by atoms with Gasteiger partial charge in [-0.25, -0.2) is 0 Å². The predicted molar refractivity (Wildman–Crippen MR) is 109 cm³/mol. The number of esters is 1. The first-order valence-corrected chi connectivity index (χ1v) is 12.0. The standard InChI is InChI=1S/C23H33BrO4/c1-13(25)17-4-5-18-16-10-20-23(24)11-15(28-14(2)26)6-9-22(23,12-27-20)19(16)7-8-21(17,18)3/h15-20H,4-12H2,1-3H3/t15-,16-,17+,18-,19-,20+,21+,22-,23-/m0/s1. The minimum absolute atomic E-state index is 0.00757. The van der Waals surface area contributed by atoms with Crippen molar-refractivity contribution in [1.29, 1.82) is 0 Å². The third-order valence-corrected chi connectivity index (χ3v) is 11.4. The monoisotopic (exact) mass is 452 g/mol. The number of ketones is 1. The van der Waals surface area contributed by atoms with Crippen molar-refractivity contribution < 1.29 is 19.1 Å². The van der Waals surface area contributed by atoms with Crippen LogP contribution in [0.1, 0.15) is 72.1 Å². The highest BCUT2D eigenvalue weighted by Gasteiger charge is 2.72. The van der Waals surface area contributed by atoms with Crippen molar-refractivity contribution in [2.45, 2.75) is 88.7 Å². The summed E-state index contributed by atoms with van der Waals surface area (Å²) < 4.78 is 12.0. The largest absolute Gasteiger partial charge is 0.463 e. The van der Waals surface area contributed by atoms with Crippen molar-refractivity contribution in [2.24, 2.45) is 34.5 Å². The van der Waals surface area contributed by atoms with Gasteiger partial charge in [0.15, 0.2) is 0 Å². The van der Waals surface area contributed by atoms with E-state index >= 15 is 0 Å². The average Bonchev–Trinajstić information content (AvgIpc) is 3.04. The summed E-state index contributed by atoms with van der Waals surface area (Å²) in [5.74, 6) is 2.47. The Balaban J connectivity index is 1.46. The van der Waals surface area contributed by atoms with E-state index in [9.17, 15) is 9.59 Å². The molecule has 4 nitrogen and oxygen atoms in total. The number of carbonyl (C=O) groups excluding carboxylic acids is 2. The number of hydrogen-bond donors (Lipinski definition) is 0. The normalized spacial score (nSPS) is 54.4. The van der Waals surface area contributed by atoms with Gasteiger partial charge in [-0.3, -0.25) is 9.59 Å². The molecule has 4 aliphatic carbocycles. The summed E-state index contributed by atoms with van der Waals surface area (Å²) in [4.78, 5) is 23.9. The molecule has 0 aromatic heterocycles. The van der Waals surface area contributed by atoms with Gasteiger partial charge in [0, 0.05) is 24.7 Å². The van der Waals surface area contributed by atoms with Crippen LogP contribution in [0.4, 0.5) is 0 Å². The molecule has 5 rings (SSSR count). The number of halogens is 1. The molecule has 5 fully saturated rings. The van der Waals surface area contributed by atoms with Crippen LogP contribution in [0.5, 0.6) is 0 Å². The quantitative estimate of drug-likeness (QED) is 0.450. The highest BCUT2D eigenvalue weighted by Crippen LogP contribution is 2.72. The summed E-state index contributed by atoms with van der Waals surface area (Å²) >= 11 is 4.20. The van der Waals surface area contributed by atoms with E-state index in [4.69, 9.17) is 9.47 Å². The molecule has 28 heavy (non-hydrogen) atoms. The lowest BCUT2D eigenvalue weighted by Gasteiger charge is -2.62. The molecule has 0 radical (unpaired) electrons. The Kier molecular flexibility index (Phi) is 4.39. The number of hydrogen-bond acceptors (Lipinski definition) is 4. The number of ether oxygens (including phenoxy) is 2. The second-order valence-corrected chi connectivity index (χ2v) is 12.1. The van der Waals surface area contributed by atoms with Crippen LogP contribution < -0.4 is 0 Å². The number of rotatable bonds is 2. The Bertz CT molecular complexity index is 709. The molecule has 1 saturated heterocycles. The Hall–Kier alpha value is -0.420. The highest BCUT2D eigenvalue weighted by atomic mass is 79.9. The van der Waals surface area contributed by atoms with Gasteiger partial charge in [0.1, 0.15) is 11.9 Å². The fraction of sp³-hybridized carbons (Fsp3) is 0.913. The smallest absolute Gasteiger partial charge is 0.302 e. The number of alkyl halides is 1. The van der Waals surface area contributed by atoms with Crippen molar-refractivity contribution >= 4 is 27.7 Å². The molecule has 156 valence electrons. The van der Waals surface area contributed by atoms with Crippen molar-refractivity contribution in [3.8, 4) is 0 Å². The topological polar surface area (TPSA) is 52.6 Å². The van der Waals surface area contributed by atoms with Gasteiger partial charge in [0.25, 0.3) is 0 Å². The van der Waals surface area contributed by atoms with Gasteiger partial charge in [0.2, 0.25) is 0 Å². The third-order valence-electron chi connectivity index (χ3n) is 9.77. The first kappa shape index (κ1) is 19.5. The Labute approximate surface area is 176 Å². The van der Waals surface area contributed by atoms with E-state index in [1.54, 1.807) is 6.92 Å². The van der Waals surface area contributed by atoms with Crippen LogP contribution in [0.3, 0.4) is 0 Å². The molecule has 2 bridgehead atoms. The molecule has 9 atom stereocenters. The van der Waals surface area contributed by atoms with E-state index in [-0.39, 0.29) is 39.2 Å². The second kappa shape index (κ2) is 6.29. The molecule has 0 aromatic rings. The summed E-state index contributed by atoms with van der Waals surface area (Å²) in [5.41, 5.74) is 0.344. The molecule has 0 N–H and O–H groups in total. The molecule has 0 amide bonds. The van der Waals surface area contributed by atoms with Crippen molar-refractivity contribution in [1.82, 2.24) is 0 Å². The van der Waals surface area contributed by atoms with Gasteiger partial charge in [-0.1, -0.05) is 22.9 Å². The zero-order chi connectivity index (χ0) is 19.9. The third kappa shape index (κ3) is 2.38. The van der Waals surface area contributed by atoms with Crippen molar-refractivity contribution in [2.75, 3.05) is 6.61 Å². The van der Waals surface area contributed by atoms with E-state index in [1.807, 2.05) is 0 Å². The molecule has 0 aromatic carbocycles. The van der Waals surface area contributed by atoms with Crippen LogP contribution in [0.15, 0.2) is 0 Å². The fourth-order valence-corrected chi connectivity index (χ4v) is 9.98. The number of Topliss-reactive ketones (excluding diaryl/α,β-unsaturated/α-hetero) is 1. The molecule has 1 heterocycles. The Morgan fingerprint density at radius 3 is 2.57 bits per heavy atom. The Morgan fingerprint density at radius 2 is 1.86 bits per heavy atom. The SMILES string of the molecule is CC(=O)O[C@H]1CC[C@]23CO[C@H](C[C@H]4[C@@H]5CC[C@H](C(C)=O)[C@@]5(C)CC[C@@H]42)[C@@]3(Br)C1. The van der Waals surface area contributed by atoms with Gasteiger partial charge in [-0.15, -0.1) is 0 Å². The van der Waals surface area contributed by atoms with Crippen LogP contribution >= 0.6 is 15.9 Å². The summed E-state index contributed by atoms with van der Waals surface area (Å²) in [6.07, 6.45) is 8.86. The molecular formula is C23H33BrO4. The first-order chi connectivity index (χ1) is 13.2. The van der Waals surface area contributed by atoms with E-state index < -0.39 is 0 Å². The van der Waals surface area contributed by atoms with E-state index in [0.717, 1.165) is 38.7 Å². The number of carbonyl (C=O) groups is 2. The lowest BCUT2D eigenvalue weighted by molar-refractivity contribution is -0.155. The van der Waals surface area contributed by atoms with Gasteiger partial charge >= 0.3 is 5.97 Å². The maximum atomic E-state index is 12.3. The predicted octanol–water partition coefficient (Wildman–Crippen LogP) is 4.67. The molecule has 1 aliphatic heterocycles. The fourth-order valence-electron chi connectivity index (χ4n) is 8.70. The minimum Gasteiger partial charge on any atom is -0.463 e. The molecule has 5 aliphatic rings. The van der Waals surface area contributed by atoms with Crippen LogP contribution in [0, 0.1) is 34.5 Å². The lowest BCUT2D eigenvalue weighted by atomic mass is 9.44. The van der Waals surface area contributed by atoms with Crippen LogP contribution in [-0.2, 0) is 19.1 Å². The molecule has 4 saturated carbocycles. The lowest BCUT2D eigenvalue weighted by Crippen LogP contribution is -2.63.